The van der Waals surface area contributed by atoms with Crippen molar-refractivity contribution in [3.05, 3.63) is 42.0 Å². The predicted molar refractivity (Wildman–Crippen MR) is 58.7 cm³/mol. The van der Waals surface area contributed by atoms with Gasteiger partial charge >= 0.3 is 0 Å². The van der Waals surface area contributed by atoms with Gasteiger partial charge in [0.25, 0.3) is 0 Å². The van der Waals surface area contributed by atoms with Crippen molar-refractivity contribution >= 4 is 0 Å². The van der Waals surface area contributed by atoms with E-state index in [1.165, 1.54) is 24.0 Å². The van der Waals surface area contributed by atoms with Gasteiger partial charge in [0.1, 0.15) is 5.75 Å². The van der Waals surface area contributed by atoms with E-state index < -0.39 is 0 Å². The molecular weight excluding hydrogens is 172 g/mol. The van der Waals surface area contributed by atoms with E-state index in [0.717, 1.165) is 12.2 Å². The molecule has 0 spiro atoms. The van der Waals surface area contributed by atoms with E-state index in [2.05, 4.69) is 18.7 Å². The van der Waals surface area contributed by atoms with Crippen LogP contribution in [0.4, 0.5) is 0 Å². The molecule has 1 aromatic carbocycles. The van der Waals surface area contributed by atoms with Gasteiger partial charge < -0.3 is 4.74 Å². The summed E-state index contributed by atoms with van der Waals surface area (Å²) in [6.07, 6.45) is 3.61. The Hall–Kier alpha value is -1.24. The minimum Gasteiger partial charge on any atom is -0.497 e. The number of benzene rings is 1. The highest BCUT2D eigenvalue weighted by atomic mass is 16.5. The first-order chi connectivity index (χ1) is 6.79. The van der Waals surface area contributed by atoms with E-state index in [1.54, 1.807) is 7.11 Å². The second kappa shape index (κ2) is 3.87. The number of ether oxygens (including phenoxy) is 1. The summed E-state index contributed by atoms with van der Waals surface area (Å²) in [6.45, 7) is 4.04. The summed E-state index contributed by atoms with van der Waals surface area (Å²) in [5.74, 6) is 1.62. The summed E-state index contributed by atoms with van der Waals surface area (Å²) in [4.78, 5) is 0. The Labute approximate surface area is 85.4 Å². The molecule has 1 nitrogen and oxygen atoms in total. The zero-order valence-electron chi connectivity index (χ0n) is 8.62. The molecule has 0 aromatic heterocycles. The molecule has 14 heavy (non-hydrogen) atoms. The summed E-state index contributed by atoms with van der Waals surface area (Å²) in [5, 5.41) is 0. The van der Waals surface area contributed by atoms with Crippen LogP contribution in [0.5, 0.6) is 5.75 Å². The van der Waals surface area contributed by atoms with Crippen molar-refractivity contribution in [1.29, 1.82) is 0 Å². The Morgan fingerprint density at radius 2 is 2.00 bits per heavy atom. The molecule has 0 radical (unpaired) electrons. The number of methoxy groups -OCH3 is 1. The van der Waals surface area contributed by atoms with E-state index in [1.807, 2.05) is 12.1 Å². The summed E-state index contributed by atoms with van der Waals surface area (Å²) in [5.41, 5.74) is 2.82. The van der Waals surface area contributed by atoms with Crippen LogP contribution in [-0.4, -0.2) is 7.11 Å². The molecule has 0 amide bonds. The lowest BCUT2D eigenvalue weighted by atomic mass is 9.97. The Morgan fingerprint density at radius 1 is 1.29 bits per heavy atom. The number of hydrogen-bond donors (Lipinski definition) is 0. The normalized spacial score (nSPS) is 21.2. The largest absolute Gasteiger partial charge is 0.497 e. The quantitative estimate of drug-likeness (QED) is 0.645. The van der Waals surface area contributed by atoms with Crippen molar-refractivity contribution in [3.8, 4) is 5.75 Å². The van der Waals surface area contributed by atoms with Crippen molar-refractivity contribution in [2.45, 2.75) is 25.2 Å². The SMILES string of the molecule is C=C1CCC(c2ccc(OC)cc2)C1. The third-order valence-electron chi connectivity index (χ3n) is 2.97. The molecule has 1 aliphatic rings. The molecule has 0 aliphatic heterocycles. The van der Waals surface area contributed by atoms with Gasteiger partial charge in [0.15, 0.2) is 0 Å². The highest BCUT2D eigenvalue weighted by Gasteiger charge is 2.19. The fourth-order valence-corrected chi connectivity index (χ4v) is 2.09. The molecule has 0 heterocycles. The second-order valence-corrected chi connectivity index (χ2v) is 3.96. The molecule has 0 bridgehead atoms. The Morgan fingerprint density at radius 3 is 2.50 bits per heavy atom. The summed E-state index contributed by atoms with van der Waals surface area (Å²) in [6, 6.07) is 8.41. The van der Waals surface area contributed by atoms with Gasteiger partial charge in [-0.05, 0) is 42.9 Å². The fraction of sp³-hybridized carbons (Fsp3) is 0.385. The maximum atomic E-state index is 5.14. The number of hydrogen-bond acceptors (Lipinski definition) is 1. The molecule has 1 fully saturated rings. The van der Waals surface area contributed by atoms with Gasteiger partial charge in [0.05, 0.1) is 7.11 Å². The topological polar surface area (TPSA) is 9.23 Å². The van der Waals surface area contributed by atoms with E-state index in [9.17, 15) is 0 Å². The summed E-state index contributed by atoms with van der Waals surface area (Å²) in [7, 11) is 1.70. The van der Waals surface area contributed by atoms with Crippen LogP contribution in [0, 0.1) is 0 Å². The van der Waals surface area contributed by atoms with Crippen LogP contribution in [0.25, 0.3) is 0 Å². The Kier molecular flexibility index (Phi) is 2.58. The van der Waals surface area contributed by atoms with E-state index in [0.29, 0.717) is 5.92 Å². The van der Waals surface area contributed by atoms with Crippen LogP contribution >= 0.6 is 0 Å². The standard InChI is InChI=1S/C13H16O/c1-10-3-4-12(9-10)11-5-7-13(14-2)8-6-11/h5-8,12H,1,3-4,9H2,2H3. The van der Waals surface area contributed by atoms with Gasteiger partial charge in [-0.3, -0.25) is 0 Å². The summed E-state index contributed by atoms with van der Waals surface area (Å²) >= 11 is 0. The van der Waals surface area contributed by atoms with Gasteiger partial charge in [-0.1, -0.05) is 24.3 Å². The molecule has 74 valence electrons. The van der Waals surface area contributed by atoms with Crippen LogP contribution in [0.1, 0.15) is 30.7 Å². The lowest BCUT2D eigenvalue weighted by Gasteiger charge is -2.09. The molecular formula is C13H16O. The van der Waals surface area contributed by atoms with Crippen molar-refractivity contribution in [2.24, 2.45) is 0 Å². The zero-order chi connectivity index (χ0) is 9.97. The van der Waals surface area contributed by atoms with E-state index in [4.69, 9.17) is 4.74 Å². The third-order valence-corrected chi connectivity index (χ3v) is 2.97. The average molecular weight is 188 g/mol. The van der Waals surface area contributed by atoms with Crippen LogP contribution < -0.4 is 4.74 Å². The molecule has 0 N–H and O–H groups in total. The van der Waals surface area contributed by atoms with Crippen LogP contribution in [0.15, 0.2) is 36.4 Å². The zero-order valence-corrected chi connectivity index (χ0v) is 8.62. The molecule has 0 saturated heterocycles. The lowest BCUT2D eigenvalue weighted by Crippen LogP contribution is -1.92. The number of allylic oxidation sites excluding steroid dienone is 1. The molecule has 1 unspecified atom stereocenters. The first-order valence-corrected chi connectivity index (χ1v) is 5.10. The average Bonchev–Trinajstić information content (AvgIpc) is 2.65. The molecule has 1 saturated carbocycles. The maximum Gasteiger partial charge on any atom is 0.118 e. The minimum absolute atomic E-state index is 0.688. The van der Waals surface area contributed by atoms with Gasteiger partial charge in [-0.15, -0.1) is 0 Å². The molecule has 2 rings (SSSR count). The smallest absolute Gasteiger partial charge is 0.118 e. The third kappa shape index (κ3) is 1.82. The van der Waals surface area contributed by atoms with Crippen LogP contribution in [0.3, 0.4) is 0 Å². The Bertz CT molecular complexity index is 324. The van der Waals surface area contributed by atoms with Crippen molar-refractivity contribution in [2.75, 3.05) is 7.11 Å². The number of rotatable bonds is 2. The van der Waals surface area contributed by atoms with Gasteiger partial charge in [-0.25, -0.2) is 0 Å². The second-order valence-electron chi connectivity index (χ2n) is 3.96. The van der Waals surface area contributed by atoms with Crippen LogP contribution in [-0.2, 0) is 0 Å². The van der Waals surface area contributed by atoms with Crippen molar-refractivity contribution < 1.29 is 4.74 Å². The van der Waals surface area contributed by atoms with E-state index in [-0.39, 0.29) is 0 Å². The highest BCUT2D eigenvalue weighted by molar-refractivity contribution is 5.31. The van der Waals surface area contributed by atoms with Crippen molar-refractivity contribution in [1.82, 2.24) is 0 Å². The molecule has 1 aliphatic carbocycles. The predicted octanol–water partition coefficient (Wildman–Crippen LogP) is 3.52. The molecule has 1 heteroatoms. The Balaban J connectivity index is 2.13. The maximum absolute atomic E-state index is 5.14. The monoisotopic (exact) mass is 188 g/mol. The van der Waals surface area contributed by atoms with Gasteiger partial charge in [-0.2, -0.15) is 0 Å². The molecule has 1 aromatic rings. The fourth-order valence-electron chi connectivity index (χ4n) is 2.09. The minimum atomic E-state index is 0.688. The molecule has 1 atom stereocenters. The van der Waals surface area contributed by atoms with Crippen LogP contribution in [0.2, 0.25) is 0 Å². The summed E-state index contributed by atoms with van der Waals surface area (Å²) < 4.78 is 5.14. The highest BCUT2D eigenvalue weighted by Crippen LogP contribution is 2.37. The lowest BCUT2D eigenvalue weighted by molar-refractivity contribution is 0.414. The van der Waals surface area contributed by atoms with E-state index >= 15 is 0 Å². The van der Waals surface area contributed by atoms with Crippen molar-refractivity contribution in [3.63, 3.8) is 0 Å². The first-order valence-electron chi connectivity index (χ1n) is 5.10. The van der Waals surface area contributed by atoms with Gasteiger partial charge in [0.2, 0.25) is 0 Å². The first kappa shape index (κ1) is 9.32. The van der Waals surface area contributed by atoms with Gasteiger partial charge in [0, 0.05) is 0 Å².